The van der Waals surface area contributed by atoms with Gasteiger partial charge < -0.3 is 5.32 Å². The highest BCUT2D eigenvalue weighted by molar-refractivity contribution is 6.32. The number of nitriles is 1. The Bertz CT molecular complexity index is 509. The molecule has 19 heavy (non-hydrogen) atoms. The summed E-state index contributed by atoms with van der Waals surface area (Å²) in [6.07, 6.45) is 1.30. The van der Waals surface area contributed by atoms with E-state index in [1.54, 1.807) is 12.1 Å². The molecule has 0 amide bonds. The minimum atomic E-state index is -0.511. The largest absolute Gasteiger partial charge is 0.384 e. The number of anilines is 1. The minimum Gasteiger partial charge on any atom is -0.384 e. The van der Waals surface area contributed by atoms with Gasteiger partial charge in [0.05, 0.1) is 11.0 Å². The molecule has 0 radical (unpaired) electrons. The molecule has 5 nitrogen and oxygen atoms in total. The van der Waals surface area contributed by atoms with Crippen molar-refractivity contribution in [3.05, 3.63) is 33.3 Å². The minimum absolute atomic E-state index is 0.0238. The van der Waals surface area contributed by atoms with E-state index in [1.807, 2.05) is 0 Å². The van der Waals surface area contributed by atoms with Crippen LogP contribution in [0.1, 0.15) is 26.7 Å². The number of hydrogen-bond donors (Lipinski definition) is 1. The van der Waals surface area contributed by atoms with Crippen molar-refractivity contribution >= 4 is 23.0 Å². The first-order valence-corrected chi connectivity index (χ1v) is 6.28. The van der Waals surface area contributed by atoms with Gasteiger partial charge in [-0.2, -0.15) is 5.26 Å². The molecule has 1 N–H and O–H groups in total. The van der Waals surface area contributed by atoms with Crippen molar-refractivity contribution < 1.29 is 4.92 Å². The number of nitrogens with zero attached hydrogens (tertiary/aromatic N) is 2. The second-order valence-corrected chi connectivity index (χ2v) is 5.51. The molecule has 1 aromatic carbocycles. The average Bonchev–Trinajstić information content (AvgIpc) is 2.34. The number of hydrogen-bond acceptors (Lipinski definition) is 4. The molecular formula is C13H16ClN3O2. The molecule has 0 atom stereocenters. The first kappa shape index (κ1) is 15.3. The second-order valence-electron chi connectivity index (χ2n) is 5.10. The molecule has 0 aliphatic rings. The zero-order valence-electron chi connectivity index (χ0n) is 10.9. The van der Waals surface area contributed by atoms with Crippen LogP contribution in [-0.2, 0) is 0 Å². The summed E-state index contributed by atoms with van der Waals surface area (Å²) >= 11 is 5.83. The van der Waals surface area contributed by atoms with Crippen molar-refractivity contribution in [2.24, 2.45) is 5.41 Å². The summed E-state index contributed by atoms with van der Waals surface area (Å²) in [5, 5.41) is 22.5. The quantitative estimate of drug-likeness (QED) is 0.631. The van der Waals surface area contributed by atoms with Crippen molar-refractivity contribution in [3.63, 3.8) is 0 Å². The van der Waals surface area contributed by atoms with E-state index in [9.17, 15) is 10.1 Å². The van der Waals surface area contributed by atoms with Crippen LogP contribution >= 0.6 is 11.6 Å². The maximum atomic E-state index is 10.6. The van der Waals surface area contributed by atoms with Crippen molar-refractivity contribution in [1.82, 2.24) is 0 Å². The van der Waals surface area contributed by atoms with Gasteiger partial charge in [-0.15, -0.1) is 0 Å². The highest BCUT2D eigenvalue weighted by Crippen LogP contribution is 2.28. The van der Waals surface area contributed by atoms with Crippen molar-refractivity contribution in [2.45, 2.75) is 26.7 Å². The Labute approximate surface area is 117 Å². The number of benzene rings is 1. The summed E-state index contributed by atoms with van der Waals surface area (Å²) in [4.78, 5) is 10.1. The van der Waals surface area contributed by atoms with Crippen LogP contribution in [0.2, 0.25) is 5.02 Å². The highest BCUT2D eigenvalue weighted by Gasteiger charge is 2.18. The van der Waals surface area contributed by atoms with Gasteiger partial charge in [0, 0.05) is 24.7 Å². The van der Waals surface area contributed by atoms with E-state index in [4.69, 9.17) is 16.9 Å². The molecule has 102 valence electrons. The Balaban J connectivity index is 2.66. The van der Waals surface area contributed by atoms with Crippen LogP contribution in [0, 0.1) is 26.9 Å². The SMILES string of the molecule is CC(C)(CCC#N)CNc1ccc([N+](=O)[O-])c(Cl)c1. The van der Waals surface area contributed by atoms with Gasteiger partial charge in [0.25, 0.3) is 5.69 Å². The Morgan fingerprint density at radius 3 is 2.74 bits per heavy atom. The number of rotatable bonds is 6. The predicted octanol–water partition coefficient (Wildman–Crippen LogP) is 3.99. The van der Waals surface area contributed by atoms with Gasteiger partial charge in [0.15, 0.2) is 0 Å². The fraction of sp³-hybridized carbons (Fsp3) is 0.462. The van der Waals surface area contributed by atoms with Gasteiger partial charge in [-0.3, -0.25) is 10.1 Å². The lowest BCUT2D eigenvalue weighted by Crippen LogP contribution is -2.22. The third-order valence-electron chi connectivity index (χ3n) is 2.83. The maximum Gasteiger partial charge on any atom is 0.288 e. The van der Waals surface area contributed by atoms with Gasteiger partial charge >= 0.3 is 0 Å². The zero-order chi connectivity index (χ0) is 14.5. The molecule has 1 rings (SSSR count). The molecule has 0 aliphatic heterocycles. The topological polar surface area (TPSA) is 79.0 Å². The van der Waals surface area contributed by atoms with Crippen molar-refractivity contribution in [2.75, 3.05) is 11.9 Å². The standard InChI is InChI=1S/C13H16ClN3O2/c1-13(2,6-3-7-15)9-16-10-4-5-12(17(18)19)11(14)8-10/h4-5,8,16H,3,6,9H2,1-2H3. The third kappa shape index (κ3) is 4.76. The predicted molar refractivity (Wildman–Crippen MR) is 75.2 cm³/mol. The summed E-state index contributed by atoms with van der Waals surface area (Å²) in [6, 6.07) is 6.68. The molecule has 0 bridgehead atoms. The third-order valence-corrected chi connectivity index (χ3v) is 3.13. The molecule has 1 aromatic rings. The normalized spacial score (nSPS) is 10.8. The Kier molecular flexibility index (Phi) is 5.13. The highest BCUT2D eigenvalue weighted by atomic mass is 35.5. The van der Waals surface area contributed by atoms with Gasteiger partial charge in [-0.25, -0.2) is 0 Å². The van der Waals surface area contributed by atoms with Crippen LogP contribution in [0.15, 0.2) is 18.2 Å². The molecule has 0 spiro atoms. The van der Waals surface area contributed by atoms with Gasteiger partial charge in [-0.05, 0) is 24.0 Å². The number of nitrogens with one attached hydrogen (secondary N) is 1. The molecule has 0 aliphatic carbocycles. The molecule has 0 heterocycles. The van der Waals surface area contributed by atoms with E-state index in [-0.39, 0.29) is 16.1 Å². The molecule has 6 heteroatoms. The first-order valence-electron chi connectivity index (χ1n) is 5.90. The van der Waals surface area contributed by atoms with Crippen LogP contribution in [-0.4, -0.2) is 11.5 Å². The van der Waals surface area contributed by atoms with Gasteiger partial charge in [0.2, 0.25) is 0 Å². The van der Waals surface area contributed by atoms with Crippen LogP contribution in [0.25, 0.3) is 0 Å². The Morgan fingerprint density at radius 1 is 1.53 bits per heavy atom. The summed E-state index contributed by atoms with van der Waals surface area (Å²) < 4.78 is 0. The zero-order valence-corrected chi connectivity index (χ0v) is 11.7. The molecular weight excluding hydrogens is 266 g/mol. The summed E-state index contributed by atoms with van der Waals surface area (Å²) in [5.41, 5.74) is 0.612. The Hall–Kier alpha value is -1.80. The lowest BCUT2D eigenvalue weighted by Gasteiger charge is -2.24. The lowest BCUT2D eigenvalue weighted by molar-refractivity contribution is -0.384. The molecule has 0 aromatic heterocycles. The molecule has 0 fully saturated rings. The number of nitro benzene ring substituents is 1. The fourth-order valence-corrected chi connectivity index (χ4v) is 1.84. The Morgan fingerprint density at radius 2 is 2.21 bits per heavy atom. The van der Waals surface area contributed by atoms with Crippen LogP contribution in [0.4, 0.5) is 11.4 Å². The van der Waals surface area contributed by atoms with Crippen LogP contribution < -0.4 is 5.32 Å². The molecule has 0 saturated heterocycles. The van der Waals surface area contributed by atoms with Crippen molar-refractivity contribution in [1.29, 1.82) is 5.26 Å². The summed E-state index contributed by atoms with van der Waals surface area (Å²) in [7, 11) is 0. The number of nitro groups is 1. The number of halogens is 1. The van der Waals surface area contributed by atoms with E-state index >= 15 is 0 Å². The van der Waals surface area contributed by atoms with Crippen molar-refractivity contribution in [3.8, 4) is 6.07 Å². The monoisotopic (exact) mass is 281 g/mol. The van der Waals surface area contributed by atoms with E-state index in [0.717, 1.165) is 12.1 Å². The summed E-state index contributed by atoms with van der Waals surface area (Å²) in [6.45, 7) is 4.79. The van der Waals surface area contributed by atoms with E-state index in [0.29, 0.717) is 13.0 Å². The van der Waals surface area contributed by atoms with E-state index in [2.05, 4.69) is 25.2 Å². The van der Waals surface area contributed by atoms with Crippen LogP contribution in [0.3, 0.4) is 0 Å². The second kappa shape index (κ2) is 6.39. The first-order chi connectivity index (χ1) is 8.85. The van der Waals surface area contributed by atoms with Gasteiger partial charge in [-0.1, -0.05) is 25.4 Å². The van der Waals surface area contributed by atoms with Crippen LogP contribution in [0.5, 0.6) is 0 Å². The lowest BCUT2D eigenvalue weighted by atomic mass is 9.88. The summed E-state index contributed by atoms with van der Waals surface area (Å²) in [5.74, 6) is 0. The van der Waals surface area contributed by atoms with Gasteiger partial charge in [0.1, 0.15) is 5.02 Å². The maximum absolute atomic E-state index is 10.6. The van der Waals surface area contributed by atoms with E-state index < -0.39 is 4.92 Å². The molecule has 0 saturated carbocycles. The average molecular weight is 282 g/mol. The fourth-order valence-electron chi connectivity index (χ4n) is 1.59. The van der Waals surface area contributed by atoms with E-state index in [1.165, 1.54) is 6.07 Å². The smallest absolute Gasteiger partial charge is 0.288 e. The molecule has 0 unspecified atom stereocenters.